The SMILES string of the molecule is Cc1c(C)n(-c2ccccn2)c2ncnc(NCCC[NH+](C)C)c12. The number of pyridine rings is 1. The van der Waals surface area contributed by atoms with Crippen LogP contribution in [0, 0.1) is 13.8 Å². The van der Waals surface area contributed by atoms with Crippen molar-refractivity contribution in [2.24, 2.45) is 0 Å². The molecule has 2 N–H and O–H groups in total. The number of quaternary nitrogens is 1. The third-order valence-corrected chi connectivity index (χ3v) is 4.32. The molecule has 0 saturated heterocycles. The van der Waals surface area contributed by atoms with Crippen LogP contribution in [-0.2, 0) is 0 Å². The smallest absolute Gasteiger partial charge is 0.151 e. The lowest BCUT2D eigenvalue weighted by Crippen LogP contribution is -3.05. The van der Waals surface area contributed by atoms with Gasteiger partial charge in [-0.1, -0.05) is 6.07 Å². The normalized spacial score (nSPS) is 11.4. The molecule has 3 aromatic rings. The summed E-state index contributed by atoms with van der Waals surface area (Å²) in [4.78, 5) is 14.9. The highest BCUT2D eigenvalue weighted by Gasteiger charge is 2.17. The molecule has 0 aromatic carbocycles. The highest BCUT2D eigenvalue weighted by atomic mass is 15.1. The van der Waals surface area contributed by atoms with Crippen molar-refractivity contribution in [3.05, 3.63) is 42.0 Å². The predicted molar refractivity (Wildman–Crippen MR) is 96.9 cm³/mol. The summed E-state index contributed by atoms with van der Waals surface area (Å²) in [5, 5.41) is 4.56. The number of aromatic nitrogens is 4. The quantitative estimate of drug-likeness (QED) is 0.672. The van der Waals surface area contributed by atoms with Crippen molar-refractivity contribution < 1.29 is 4.90 Å². The molecule has 0 saturated carbocycles. The van der Waals surface area contributed by atoms with E-state index in [1.54, 1.807) is 12.5 Å². The maximum atomic E-state index is 4.52. The summed E-state index contributed by atoms with van der Waals surface area (Å²) in [6.07, 6.45) is 4.53. The molecule has 3 heterocycles. The summed E-state index contributed by atoms with van der Waals surface area (Å²) in [5.41, 5.74) is 3.24. The van der Waals surface area contributed by atoms with Crippen LogP contribution in [0.5, 0.6) is 0 Å². The minimum absolute atomic E-state index is 0.883. The second-order valence-electron chi connectivity index (χ2n) is 6.39. The van der Waals surface area contributed by atoms with Gasteiger partial charge in [-0.25, -0.2) is 15.0 Å². The van der Waals surface area contributed by atoms with Crippen molar-refractivity contribution in [1.82, 2.24) is 19.5 Å². The highest BCUT2D eigenvalue weighted by Crippen LogP contribution is 2.30. The second kappa shape index (κ2) is 6.97. The molecule has 0 aliphatic carbocycles. The van der Waals surface area contributed by atoms with E-state index in [1.165, 1.54) is 10.5 Å². The number of hydrogen-bond acceptors (Lipinski definition) is 4. The number of rotatable bonds is 6. The zero-order chi connectivity index (χ0) is 17.1. The molecule has 0 atom stereocenters. The minimum atomic E-state index is 0.883. The molecule has 6 heteroatoms. The van der Waals surface area contributed by atoms with Crippen LogP contribution in [0.1, 0.15) is 17.7 Å². The Morgan fingerprint density at radius 1 is 1.12 bits per heavy atom. The molecule has 0 aliphatic heterocycles. The third kappa shape index (κ3) is 3.10. The van der Waals surface area contributed by atoms with Crippen LogP contribution in [-0.4, -0.2) is 46.7 Å². The number of aryl methyl sites for hydroxylation is 1. The average molecular weight is 325 g/mol. The maximum Gasteiger partial charge on any atom is 0.151 e. The van der Waals surface area contributed by atoms with Gasteiger partial charge in [-0.15, -0.1) is 0 Å². The zero-order valence-electron chi connectivity index (χ0n) is 14.8. The van der Waals surface area contributed by atoms with Crippen molar-refractivity contribution in [3.63, 3.8) is 0 Å². The van der Waals surface area contributed by atoms with Crippen molar-refractivity contribution in [2.75, 3.05) is 32.5 Å². The number of anilines is 1. The Labute approximate surface area is 142 Å². The van der Waals surface area contributed by atoms with E-state index in [1.807, 2.05) is 18.2 Å². The third-order valence-electron chi connectivity index (χ3n) is 4.32. The fourth-order valence-electron chi connectivity index (χ4n) is 2.95. The lowest BCUT2D eigenvalue weighted by atomic mass is 10.2. The van der Waals surface area contributed by atoms with Crippen LogP contribution >= 0.6 is 0 Å². The van der Waals surface area contributed by atoms with E-state index in [0.29, 0.717) is 0 Å². The minimum Gasteiger partial charge on any atom is -0.369 e. The summed E-state index contributed by atoms with van der Waals surface area (Å²) in [7, 11) is 4.34. The fourth-order valence-corrected chi connectivity index (χ4v) is 2.95. The summed E-state index contributed by atoms with van der Waals surface area (Å²) >= 11 is 0. The molecule has 6 nitrogen and oxygen atoms in total. The standard InChI is InChI=1S/C18H24N6/c1-13-14(2)24(15-8-5-6-9-19-15)18-16(13)17(21-12-22-18)20-10-7-11-23(3)4/h5-6,8-9,12H,7,10-11H2,1-4H3,(H,20,21,22)/p+1. The molecule has 0 bridgehead atoms. The van der Waals surface area contributed by atoms with Crippen LogP contribution in [0.4, 0.5) is 5.82 Å². The van der Waals surface area contributed by atoms with Crippen LogP contribution in [0.25, 0.3) is 16.9 Å². The van der Waals surface area contributed by atoms with Gasteiger partial charge in [0.1, 0.15) is 18.0 Å². The van der Waals surface area contributed by atoms with Gasteiger partial charge < -0.3 is 10.2 Å². The van der Waals surface area contributed by atoms with Crippen LogP contribution in [0.3, 0.4) is 0 Å². The van der Waals surface area contributed by atoms with E-state index >= 15 is 0 Å². The van der Waals surface area contributed by atoms with Gasteiger partial charge >= 0.3 is 0 Å². The molecular weight excluding hydrogens is 300 g/mol. The molecule has 0 fully saturated rings. The first-order chi connectivity index (χ1) is 11.6. The average Bonchev–Trinajstić information content (AvgIpc) is 2.84. The van der Waals surface area contributed by atoms with Gasteiger partial charge in [0.2, 0.25) is 0 Å². The predicted octanol–water partition coefficient (Wildman–Crippen LogP) is 1.38. The molecule has 24 heavy (non-hydrogen) atoms. The largest absolute Gasteiger partial charge is 0.369 e. The molecule has 3 aromatic heterocycles. The summed E-state index contributed by atoms with van der Waals surface area (Å²) in [5.74, 6) is 1.79. The van der Waals surface area contributed by atoms with E-state index in [2.05, 4.69) is 52.8 Å². The Bertz CT molecular complexity index is 822. The molecular formula is C18H25N6+. The topological polar surface area (TPSA) is 60.1 Å². The highest BCUT2D eigenvalue weighted by molar-refractivity contribution is 5.92. The second-order valence-corrected chi connectivity index (χ2v) is 6.39. The van der Waals surface area contributed by atoms with Crippen LogP contribution in [0.2, 0.25) is 0 Å². The van der Waals surface area contributed by atoms with Crippen molar-refractivity contribution in [1.29, 1.82) is 0 Å². The van der Waals surface area contributed by atoms with Gasteiger partial charge in [0.25, 0.3) is 0 Å². The van der Waals surface area contributed by atoms with E-state index < -0.39 is 0 Å². The Morgan fingerprint density at radius 3 is 2.67 bits per heavy atom. The van der Waals surface area contributed by atoms with Gasteiger partial charge in [0, 0.05) is 24.9 Å². The first kappa shape index (κ1) is 16.4. The van der Waals surface area contributed by atoms with Crippen LogP contribution in [0.15, 0.2) is 30.7 Å². The maximum absolute atomic E-state index is 4.52. The molecule has 3 rings (SSSR count). The number of hydrogen-bond donors (Lipinski definition) is 2. The van der Waals surface area contributed by atoms with E-state index in [-0.39, 0.29) is 0 Å². The van der Waals surface area contributed by atoms with Crippen molar-refractivity contribution in [2.45, 2.75) is 20.3 Å². The van der Waals surface area contributed by atoms with Crippen molar-refractivity contribution in [3.8, 4) is 5.82 Å². The van der Waals surface area contributed by atoms with Gasteiger partial charge in [0.15, 0.2) is 5.65 Å². The first-order valence-corrected chi connectivity index (χ1v) is 8.36. The Balaban J connectivity index is 1.99. The first-order valence-electron chi connectivity index (χ1n) is 8.36. The van der Waals surface area contributed by atoms with Gasteiger partial charge in [0.05, 0.1) is 26.0 Å². The Hall–Kier alpha value is -2.47. The number of nitrogens with one attached hydrogen (secondary N) is 2. The van der Waals surface area contributed by atoms with Crippen LogP contribution < -0.4 is 10.2 Å². The summed E-state index contributed by atoms with van der Waals surface area (Å²) < 4.78 is 2.10. The Morgan fingerprint density at radius 2 is 1.96 bits per heavy atom. The van der Waals surface area contributed by atoms with Crippen molar-refractivity contribution >= 4 is 16.9 Å². The number of fused-ring (bicyclic) bond motifs is 1. The lowest BCUT2D eigenvalue weighted by Gasteiger charge is -2.09. The monoisotopic (exact) mass is 325 g/mol. The molecule has 0 unspecified atom stereocenters. The van der Waals surface area contributed by atoms with Gasteiger partial charge in [-0.2, -0.15) is 0 Å². The van der Waals surface area contributed by atoms with Gasteiger partial charge in [-0.3, -0.25) is 4.57 Å². The zero-order valence-corrected chi connectivity index (χ0v) is 14.8. The molecule has 0 aliphatic rings. The molecule has 0 spiro atoms. The van der Waals surface area contributed by atoms with E-state index in [0.717, 1.165) is 47.9 Å². The lowest BCUT2D eigenvalue weighted by molar-refractivity contribution is -0.858. The Kier molecular flexibility index (Phi) is 4.76. The molecule has 0 radical (unpaired) electrons. The molecule has 126 valence electrons. The number of nitrogens with zero attached hydrogens (tertiary/aromatic N) is 4. The molecule has 0 amide bonds. The van der Waals surface area contributed by atoms with Gasteiger partial charge in [-0.05, 0) is 31.5 Å². The summed E-state index contributed by atoms with van der Waals surface area (Å²) in [6, 6.07) is 5.92. The summed E-state index contributed by atoms with van der Waals surface area (Å²) in [6.45, 7) is 6.26. The van der Waals surface area contributed by atoms with E-state index in [9.17, 15) is 0 Å². The van der Waals surface area contributed by atoms with E-state index in [4.69, 9.17) is 0 Å². The fraction of sp³-hybridized carbons (Fsp3) is 0.389.